The lowest BCUT2D eigenvalue weighted by Gasteiger charge is -2.12. The molecular weight excluding hydrogens is 174 g/mol. The van der Waals surface area contributed by atoms with Crippen LogP contribution >= 0.6 is 0 Å². The van der Waals surface area contributed by atoms with Crippen molar-refractivity contribution in [3.05, 3.63) is 42.5 Å². The summed E-state index contributed by atoms with van der Waals surface area (Å²) in [7, 11) is 0. The summed E-state index contributed by atoms with van der Waals surface area (Å²) in [5.41, 5.74) is 6.85. The van der Waals surface area contributed by atoms with Gasteiger partial charge in [0.1, 0.15) is 11.9 Å². The van der Waals surface area contributed by atoms with Gasteiger partial charge in [-0.3, -0.25) is 0 Å². The molecule has 14 heavy (non-hydrogen) atoms. The van der Waals surface area contributed by atoms with E-state index in [0.29, 0.717) is 0 Å². The number of nitrogens with two attached hydrogens (primary N) is 1. The van der Waals surface area contributed by atoms with Gasteiger partial charge in [0.2, 0.25) is 0 Å². The van der Waals surface area contributed by atoms with Crippen molar-refractivity contribution in [2.45, 2.75) is 26.0 Å². The number of ether oxygens (including phenoxy) is 1. The van der Waals surface area contributed by atoms with Gasteiger partial charge < -0.3 is 10.5 Å². The van der Waals surface area contributed by atoms with Gasteiger partial charge in [-0.2, -0.15) is 0 Å². The van der Waals surface area contributed by atoms with E-state index >= 15 is 0 Å². The highest BCUT2D eigenvalue weighted by Gasteiger charge is 2.02. The van der Waals surface area contributed by atoms with Crippen LogP contribution in [0, 0.1) is 0 Å². The molecule has 2 N–H and O–H groups in total. The molecule has 0 bridgehead atoms. The molecule has 0 fully saturated rings. The van der Waals surface area contributed by atoms with E-state index in [4.69, 9.17) is 10.5 Å². The molecule has 0 radical (unpaired) electrons. The Bertz CT molecular complexity index is 307. The molecule has 76 valence electrons. The normalized spacial score (nSPS) is 14.5. The van der Waals surface area contributed by atoms with Gasteiger partial charge in [0.05, 0.1) is 0 Å². The molecule has 0 heterocycles. The Kier molecular flexibility index (Phi) is 3.72. The average Bonchev–Trinajstić information content (AvgIpc) is 2.18. The zero-order valence-corrected chi connectivity index (χ0v) is 8.73. The molecule has 2 heteroatoms. The van der Waals surface area contributed by atoms with Gasteiger partial charge in [-0.1, -0.05) is 24.8 Å². The lowest BCUT2D eigenvalue weighted by molar-refractivity contribution is 0.270. The summed E-state index contributed by atoms with van der Waals surface area (Å²) in [4.78, 5) is 0. The molecule has 1 aromatic rings. The van der Waals surface area contributed by atoms with Crippen molar-refractivity contribution in [3.8, 4) is 5.75 Å². The highest BCUT2D eigenvalue weighted by atomic mass is 16.5. The SMILES string of the molecule is C=CC(C)Oc1cccc([C@@H](C)N)c1. The maximum atomic E-state index is 5.77. The molecule has 2 atom stereocenters. The number of benzene rings is 1. The van der Waals surface area contributed by atoms with E-state index in [1.54, 1.807) is 6.08 Å². The molecule has 0 saturated heterocycles. The quantitative estimate of drug-likeness (QED) is 0.742. The highest BCUT2D eigenvalue weighted by Crippen LogP contribution is 2.18. The molecule has 1 aromatic carbocycles. The minimum absolute atomic E-state index is 0.0262. The molecule has 1 rings (SSSR count). The van der Waals surface area contributed by atoms with Gasteiger partial charge in [0.25, 0.3) is 0 Å². The molecule has 0 aliphatic rings. The predicted molar refractivity (Wildman–Crippen MR) is 59.3 cm³/mol. The van der Waals surface area contributed by atoms with Gasteiger partial charge in [-0.15, -0.1) is 0 Å². The van der Waals surface area contributed by atoms with Crippen LogP contribution in [-0.4, -0.2) is 6.10 Å². The van der Waals surface area contributed by atoms with Crippen LogP contribution in [0.3, 0.4) is 0 Å². The van der Waals surface area contributed by atoms with E-state index < -0.39 is 0 Å². The van der Waals surface area contributed by atoms with E-state index in [1.807, 2.05) is 38.1 Å². The summed E-state index contributed by atoms with van der Waals surface area (Å²) in [6, 6.07) is 7.87. The van der Waals surface area contributed by atoms with E-state index in [-0.39, 0.29) is 12.1 Å². The largest absolute Gasteiger partial charge is 0.487 e. The summed E-state index contributed by atoms with van der Waals surface area (Å²) >= 11 is 0. The molecule has 0 aromatic heterocycles. The first-order valence-electron chi connectivity index (χ1n) is 4.78. The van der Waals surface area contributed by atoms with Gasteiger partial charge in [-0.05, 0) is 31.5 Å². The molecule has 0 aliphatic carbocycles. The zero-order chi connectivity index (χ0) is 10.6. The Labute approximate surface area is 85.4 Å². The monoisotopic (exact) mass is 191 g/mol. The Morgan fingerprint density at radius 1 is 1.43 bits per heavy atom. The van der Waals surface area contributed by atoms with Crippen LogP contribution in [0.5, 0.6) is 5.75 Å². The van der Waals surface area contributed by atoms with Gasteiger partial charge in [0, 0.05) is 6.04 Å². The van der Waals surface area contributed by atoms with E-state index in [2.05, 4.69) is 6.58 Å². The third-order valence-electron chi connectivity index (χ3n) is 2.04. The molecule has 2 nitrogen and oxygen atoms in total. The van der Waals surface area contributed by atoms with E-state index in [1.165, 1.54) is 0 Å². The second-order valence-electron chi connectivity index (χ2n) is 3.42. The minimum Gasteiger partial charge on any atom is -0.487 e. The third-order valence-corrected chi connectivity index (χ3v) is 2.04. The molecule has 0 spiro atoms. The highest BCUT2D eigenvalue weighted by molar-refractivity contribution is 5.30. The summed E-state index contributed by atoms with van der Waals surface area (Å²) < 4.78 is 5.58. The first-order chi connectivity index (χ1) is 6.63. The fourth-order valence-electron chi connectivity index (χ4n) is 1.13. The van der Waals surface area contributed by atoms with Crippen molar-refractivity contribution in [2.24, 2.45) is 5.73 Å². The fraction of sp³-hybridized carbons (Fsp3) is 0.333. The minimum atomic E-state index is 0.0262. The second kappa shape index (κ2) is 4.82. The Morgan fingerprint density at radius 2 is 2.14 bits per heavy atom. The van der Waals surface area contributed by atoms with E-state index in [0.717, 1.165) is 11.3 Å². The molecule has 0 aliphatic heterocycles. The standard InChI is InChI=1S/C12H17NO/c1-4-9(2)14-12-7-5-6-11(8-12)10(3)13/h4-10H,1,13H2,2-3H3/t9?,10-/m1/s1. The molecular formula is C12H17NO. The van der Waals surface area contributed by atoms with Crippen LogP contribution in [0.15, 0.2) is 36.9 Å². The first-order valence-corrected chi connectivity index (χ1v) is 4.78. The summed E-state index contributed by atoms with van der Waals surface area (Å²) in [6.07, 6.45) is 1.79. The third kappa shape index (κ3) is 2.89. The first kappa shape index (κ1) is 10.8. The van der Waals surface area contributed by atoms with Crippen molar-refractivity contribution in [1.82, 2.24) is 0 Å². The van der Waals surface area contributed by atoms with Crippen LogP contribution in [0.25, 0.3) is 0 Å². The van der Waals surface area contributed by atoms with Crippen molar-refractivity contribution in [2.75, 3.05) is 0 Å². The van der Waals surface area contributed by atoms with Gasteiger partial charge in [-0.25, -0.2) is 0 Å². The second-order valence-corrected chi connectivity index (χ2v) is 3.42. The number of rotatable bonds is 4. The topological polar surface area (TPSA) is 35.2 Å². The average molecular weight is 191 g/mol. The maximum Gasteiger partial charge on any atom is 0.120 e. The fourth-order valence-corrected chi connectivity index (χ4v) is 1.13. The van der Waals surface area contributed by atoms with Crippen molar-refractivity contribution < 1.29 is 4.74 Å². The lowest BCUT2D eigenvalue weighted by Crippen LogP contribution is -2.09. The van der Waals surface area contributed by atoms with Crippen LogP contribution in [0.1, 0.15) is 25.5 Å². The summed E-state index contributed by atoms with van der Waals surface area (Å²) in [6.45, 7) is 7.57. The van der Waals surface area contributed by atoms with Gasteiger partial charge >= 0.3 is 0 Å². The van der Waals surface area contributed by atoms with E-state index in [9.17, 15) is 0 Å². The Morgan fingerprint density at radius 3 is 2.71 bits per heavy atom. The van der Waals surface area contributed by atoms with Crippen LogP contribution in [-0.2, 0) is 0 Å². The molecule has 0 amide bonds. The summed E-state index contributed by atoms with van der Waals surface area (Å²) in [5, 5.41) is 0. The van der Waals surface area contributed by atoms with Crippen molar-refractivity contribution in [1.29, 1.82) is 0 Å². The number of hydrogen-bond donors (Lipinski definition) is 1. The smallest absolute Gasteiger partial charge is 0.120 e. The van der Waals surface area contributed by atoms with Crippen LogP contribution < -0.4 is 10.5 Å². The predicted octanol–water partition coefficient (Wildman–Crippen LogP) is 2.66. The Balaban J connectivity index is 2.78. The number of hydrogen-bond acceptors (Lipinski definition) is 2. The van der Waals surface area contributed by atoms with Crippen molar-refractivity contribution >= 4 is 0 Å². The molecule has 1 unspecified atom stereocenters. The molecule has 0 saturated carbocycles. The zero-order valence-electron chi connectivity index (χ0n) is 8.73. The summed E-state index contributed by atoms with van der Waals surface area (Å²) in [5.74, 6) is 0.840. The lowest BCUT2D eigenvalue weighted by atomic mass is 10.1. The van der Waals surface area contributed by atoms with Crippen LogP contribution in [0.4, 0.5) is 0 Å². The van der Waals surface area contributed by atoms with Crippen molar-refractivity contribution in [3.63, 3.8) is 0 Å². The van der Waals surface area contributed by atoms with Gasteiger partial charge in [0.15, 0.2) is 0 Å². The maximum absolute atomic E-state index is 5.77. The van der Waals surface area contributed by atoms with Crippen LogP contribution in [0.2, 0.25) is 0 Å². The Hall–Kier alpha value is -1.28.